The third-order valence-electron chi connectivity index (χ3n) is 7.12. The normalized spacial score (nSPS) is 12.7. The summed E-state index contributed by atoms with van der Waals surface area (Å²) in [6.07, 6.45) is 7.48. The minimum absolute atomic E-state index is 0.306. The number of nitrogens with zero attached hydrogens (tertiary/aromatic N) is 2. The van der Waals surface area contributed by atoms with Crippen molar-refractivity contribution in [2.45, 2.75) is 37.8 Å². The summed E-state index contributed by atoms with van der Waals surface area (Å²) in [6.45, 7) is 14.4. The third kappa shape index (κ3) is 9.58. The lowest BCUT2D eigenvalue weighted by Gasteiger charge is -2.24. The van der Waals surface area contributed by atoms with E-state index in [4.69, 9.17) is 9.47 Å². The number of anilines is 2. The van der Waals surface area contributed by atoms with Crippen LogP contribution in [0.25, 0.3) is 6.08 Å². The summed E-state index contributed by atoms with van der Waals surface area (Å²) in [5.41, 5.74) is 3.97. The summed E-state index contributed by atoms with van der Waals surface area (Å²) < 4.78 is 38.5. The van der Waals surface area contributed by atoms with Crippen LogP contribution in [0.4, 0.5) is 11.4 Å². The summed E-state index contributed by atoms with van der Waals surface area (Å²) in [5, 5.41) is -0.817. The molecule has 0 aliphatic carbocycles. The van der Waals surface area contributed by atoms with Gasteiger partial charge < -0.3 is 19.3 Å². The zero-order valence-electron chi connectivity index (χ0n) is 25.5. The van der Waals surface area contributed by atoms with E-state index in [2.05, 4.69) is 47.9 Å². The van der Waals surface area contributed by atoms with Gasteiger partial charge in [-0.1, -0.05) is 66.8 Å². The van der Waals surface area contributed by atoms with Crippen LogP contribution in [-0.2, 0) is 19.3 Å². The van der Waals surface area contributed by atoms with Crippen LogP contribution < -0.4 is 9.80 Å². The highest BCUT2D eigenvalue weighted by atomic mass is 32.2. The molecular weight excluding hydrogens is 544 g/mol. The van der Waals surface area contributed by atoms with Crippen molar-refractivity contribution in [2.24, 2.45) is 0 Å². The lowest BCUT2D eigenvalue weighted by atomic mass is 10.1. The first-order valence-corrected chi connectivity index (χ1v) is 16.5. The second-order valence-corrected chi connectivity index (χ2v) is 11.8. The molecule has 3 aromatic rings. The van der Waals surface area contributed by atoms with Gasteiger partial charge in [0, 0.05) is 50.8 Å². The quantitative estimate of drug-likeness (QED) is 0.115. The minimum atomic E-state index is -3.65. The molecule has 1 atom stereocenters. The van der Waals surface area contributed by atoms with E-state index in [1.807, 2.05) is 62.4 Å². The third-order valence-corrected chi connectivity index (χ3v) is 9.15. The zero-order valence-corrected chi connectivity index (χ0v) is 26.3. The van der Waals surface area contributed by atoms with Gasteiger partial charge in [0.25, 0.3) is 0 Å². The van der Waals surface area contributed by atoms with E-state index in [0.717, 1.165) is 55.3 Å². The van der Waals surface area contributed by atoms with Crippen molar-refractivity contribution >= 4 is 27.3 Å². The van der Waals surface area contributed by atoms with Crippen LogP contribution >= 0.6 is 0 Å². The number of rotatable bonds is 18. The van der Waals surface area contributed by atoms with Crippen LogP contribution in [0.2, 0.25) is 0 Å². The fourth-order valence-corrected chi connectivity index (χ4v) is 6.37. The van der Waals surface area contributed by atoms with Crippen LogP contribution in [0.15, 0.2) is 102 Å². The minimum Gasteiger partial charge on any atom is -0.380 e. The molecule has 0 spiro atoms. The zero-order chi connectivity index (χ0) is 30.2. The first kappa shape index (κ1) is 33.1. The second kappa shape index (κ2) is 17.5. The highest BCUT2D eigenvalue weighted by Crippen LogP contribution is 2.31. The smallest absolute Gasteiger partial charge is 0.188 e. The molecule has 0 bridgehead atoms. The Hall–Kier alpha value is -3.39. The molecule has 0 heterocycles. The molecule has 226 valence electrons. The summed E-state index contributed by atoms with van der Waals surface area (Å²) in [7, 11) is -3.65. The average Bonchev–Trinajstić information content (AvgIpc) is 3.02. The predicted octanol–water partition coefficient (Wildman–Crippen LogP) is 7.20. The van der Waals surface area contributed by atoms with E-state index in [9.17, 15) is 8.42 Å². The molecule has 0 saturated heterocycles. The maximum absolute atomic E-state index is 13.8. The van der Waals surface area contributed by atoms with Crippen LogP contribution in [0.1, 0.15) is 44.1 Å². The van der Waals surface area contributed by atoms with Crippen LogP contribution in [0.3, 0.4) is 0 Å². The van der Waals surface area contributed by atoms with Gasteiger partial charge in [-0.2, -0.15) is 0 Å². The lowest BCUT2D eigenvalue weighted by molar-refractivity contribution is 0.154. The summed E-state index contributed by atoms with van der Waals surface area (Å²) in [6, 6.07) is 24.8. The lowest BCUT2D eigenvalue weighted by Crippen LogP contribution is -2.27. The molecule has 1 unspecified atom stereocenters. The standard InChI is InChI=1S/C35H46N2O4S/c1-5-36(26-28-40-7-3)32-22-18-30(19-23-32)14-12-13-17-35(42(38,39)34-15-10-9-11-16-34)31-20-24-33(25-21-31)37(6-2)27-29-41-8-4/h9-25,35H,5-8,26-29H2,1-4H3. The fraction of sp³-hybridized carbons (Fsp3) is 0.371. The SMILES string of the molecule is CCOCCN(CC)c1ccc(C=CC=CC(c2ccc(N(CC)CCOCC)cc2)S(=O)(=O)c2ccccc2)cc1. The summed E-state index contributed by atoms with van der Waals surface area (Å²) in [4.78, 5) is 4.81. The number of ether oxygens (including phenoxy) is 2. The van der Waals surface area contributed by atoms with Gasteiger partial charge in [0.1, 0.15) is 5.25 Å². The van der Waals surface area contributed by atoms with Gasteiger partial charge in [0.2, 0.25) is 0 Å². The monoisotopic (exact) mass is 590 g/mol. The van der Waals surface area contributed by atoms with E-state index in [1.165, 1.54) is 0 Å². The van der Waals surface area contributed by atoms with E-state index in [1.54, 1.807) is 30.3 Å². The average molecular weight is 591 g/mol. The maximum Gasteiger partial charge on any atom is 0.188 e. The molecule has 0 aromatic heterocycles. The molecular formula is C35H46N2O4S. The van der Waals surface area contributed by atoms with Gasteiger partial charge in [-0.25, -0.2) is 8.42 Å². The van der Waals surface area contributed by atoms with Gasteiger partial charge in [0.05, 0.1) is 18.1 Å². The molecule has 0 aliphatic rings. The first-order valence-electron chi connectivity index (χ1n) is 14.9. The van der Waals surface area contributed by atoms with Crippen molar-refractivity contribution in [2.75, 3.05) is 62.4 Å². The molecule has 7 heteroatoms. The Kier molecular flexibility index (Phi) is 13.8. The van der Waals surface area contributed by atoms with Gasteiger partial charge in [0.15, 0.2) is 9.84 Å². The Labute approximate surface area is 253 Å². The van der Waals surface area contributed by atoms with Crippen molar-refractivity contribution in [3.05, 3.63) is 108 Å². The summed E-state index contributed by atoms with van der Waals surface area (Å²) in [5.74, 6) is 0. The van der Waals surface area contributed by atoms with Crippen molar-refractivity contribution in [1.82, 2.24) is 0 Å². The Morgan fingerprint density at radius 2 is 1.21 bits per heavy atom. The number of benzene rings is 3. The van der Waals surface area contributed by atoms with E-state index < -0.39 is 15.1 Å². The Bertz CT molecular complexity index is 1340. The fourth-order valence-electron chi connectivity index (χ4n) is 4.73. The molecule has 0 radical (unpaired) electrons. The van der Waals surface area contributed by atoms with Gasteiger partial charge in [-0.3, -0.25) is 0 Å². The Balaban J connectivity index is 1.80. The largest absolute Gasteiger partial charge is 0.380 e. The molecule has 3 rings (SSSR count). The predicted molar refractivity (Wildman–Crippen MR) is 176 cm³/mol. The Morgan fingerprint density at radius 3 is 1.71 bits per heavy atom. The Morgan fingerprint density at radius 1 is 0.690 bits per heavy atom. The number of likely N-dealkylation sites (N-methyl/N-ethyl adjacent to an activating group) is 2. The number of sulfone groups is 1. The van der Waals surface area contributed by atoms with Crippen molar-refractivity contribution in [3.8, 4) is 0 Å². The van der Waals surface area contributed by atoms with Crippen LogP contribution in [0.5, 0.6) is 0 Å². The van der Waals surface area contributed by atoms with Gasteiger partial charge >= 0.3 is 0 Å². The van der Waals surface area contributed by atoms with E-state index in [-0.39, 0.29) is 0 Å². The highest BCUT2D eigenvalue weighted by molar-refractivity contribution is 7.91. The van der Waals surface area contributed by atoms with E-state index in [0.29, 0.717) is 24.7 Å². The molecule has 0 N–H and O–H groups in total. The molecule has 42 heavy (non-hydrogen) atoms. The first-order chi connectivity index (χ1) is 20.4. The van der Waals surface area contributed by atoms with Crippen LogP contribution in [-0.4, -0.2) is 61.0 Å². The number of hydrogen-bond acceptors (Lipinski definition) is 6. The molecule has 0 amide bonds. The van der Waals surface area contributed by atoms with Crippen molar-refractivity contribution < 1.29 is 17.9 Å². The number of allylic oxidation sites excluding steroid dienone is 2. The number of hydrogen-bond donors (Lipinski definition) is 0. The topological polar surface area (TPSA) is 59.1 Å². The van der Waals surface area contributed by atoms with E-state index >= 15 is 0 Å². The van der Waals surface area contributed by atoms with Crippen molar-refractivity contribution in [1.29, 1.82) is 0 Å². The molecule has 0 aliphatic heterocycles. The highest BCUT2D eigenvalue weighted by Gasteiger charge is 2.26. The van der Waals surface area contributed by atoms with Gasteiger partial charge in [-0.05, 0) is 75.2 Å². The molecule has 6 nitrogen and oxygen atoms in total. The second-order valence-electron chi connectivity index (χ2n) is 9.76. The maximum atomic E-state index is 13.8. The molecule has 3 aromatic carbocycles. The van der Waals surface area contributed by atoms with Crippen LogP contribution in [0, 0.1) is 0 Å². The molecule has 0 fully saturated rings. The summed E-state index contributed by atoms with van der Waals surface area (Å²) >= 11 is 0. The molecule has 0 saturated carbocycles. The van der Waals surface area contributed by atoms with Gasteiger partial charge in [-0.15, -0.1) is 0 Å². The van der Waals surface area contributed by atoms with Crippen molar-refractivity contribution in [3.63, 3.8) is 0 Å².